The second kappa shape index (κ2) is 7.11. The van der Waals surface area contributed by atoms with Crippen LogP contribution in [0.5, 0.6) is 0 Å². The number of hydrogen-bond donors (Lipinski definition) is 1. The zero-order valence-electron chi connectivity index (χ0n) is 8.51. The SMILES string of the molecule is C=C/C=C\CC(C)CNC(C)C. The van der Waals surface area contributed by atoms with Crippen molar-refractivity contribution in [3.05, 3.63) is 24.8 Å². The molecule has 1 heteroatoms. The van der Waals surface area contributed by atoms with E-state index in [1.54, 1.807) is 0 Å². The second-order valence-corrected chi connectivity index (χ2v) is 3.57. The summed E-state index contributed by atoms with van der Waals surface area (Å²) in [7, 11) is 0. The molecule has 0 aromatic heterocycles. The van der Waals surface area contributed by atoms with Gasteiger partial charge in [0.05, 0.1) is 0 Å². The first-order valence-corrected chi connectivity index (χ1v) is 4.67. The molecular formula is C11H21N. The molecule has 0 aromatic carbocycles. The van der Waals surface area contributed by atoms with Crippen LogP contribution < -0.4 is 5.32 Å². The van der Waals surface area contributed by atoms with Gasteiger partial charge in [0, 0.05) is 6.04 Å². The summed E-state index contributed by atoms with van der Waals surface area (Å²) >= 11 is 0. The van der Waals surface area contributed by atoms with E-state index in [1.165, 1.54) is 0 Å². The molecule has 0 rings (SSSR count). The number of rotatable bonds is 6. The zero-order valence-corrected chi connectivity index (χ0v) is 8.51. The van der Waals surface area contributed by atoms with Crippen molar-refractivity contribution in [2.24, 2.45) is 5.92 Å². The van der Waals surface area contributed by atoms with Gasteiger partial charge in [-0.2, -0.15) is 0 Å². The van der Waals surface area contributed by atoms with Gasteiger partial charge in [-0.25, -0.2) is 0 Å². The molecule has 0 aliphatic rings. The van der Waals surface area contributed by atoms with Gasteiger partial charge < -0.3 is 5.32 Å². The van der Waals surface area contributed by atoms with Gasteiger partial charge in [0.15, 0.2) is 0 Å². The van der Waals surface area contributed by atoms with E-state index in [9.17, 15) is 0 Å². The average Bonchev–Trinajstić information content (AvgIpc) is 2.01. The molecule has 0 bridgehead atoms. The highest BCUT2D eigenvalue weighted by Crippen LogP contribution is 2.01. The third kappa shape index (κ3) is 7.55. The van der Waals surface area contributed by atoms with Crippen molar-refractivity contribution in [1.82, 2.24) is 5.32 Å². The quantitative estimate of drug-likeness (QED) is 0.600. The van der Waals surface area contributed by atoms with E-state index in [0.717, 1.165) is 13.0 Å². The molecule has 1 N–H and O–H groups in total. The Labute approximate surface area is 76.6 Å². The van der Waals surface area contributed by atoms with Gasteiger partial charge in [-0.3, -0.25) is 0 Å². The van der Waals surface area contributed by atoms with E-state index in [-0.39, 0.29) is 0 Å². The summed E-state index contributed by atoms with van der Waals surface area (Å²) in [6.07, 6.45) is 7.12. The molecular weight excluding hydrogens is 146 g/mol. The fraction of sp³-hybridized carbons (Fsp3) is 0.636. The van der Waals surface area contributed by atoms with E-state index in [0.29, 0.717) is 12.0 Å². The third-order valence-corrected chi connectivity index (χ3v) is 1.69. The van der Waals surface area contributed by atoms with Gasteiger partial charge >= 0.3 is 0 Å². The first kappa shape index (κ1) is 11.4. The van der Waals surface area contributed by atoms with Crippen LogP contribution in [0.2, 0.25) is 0 Å². The predicted molar refractivity (Wildman–Crippen MR) is 56.3 cm³/mol. The Morgan fingerprint density at radius 2 is 2.00 bits per heavy atom. The van der Waals surface area contributed by atoms with Crippen LogP contribution in [-0.2, 0) is 0 Å². The standard InChI is InChI=1S/C11H21N/c1-5-6-7-8-11(4)9-12-10(2)3/h5-7,10-12H,1,8-9H2,2-4H3/b7-6-. The largest absolute Gasteiger partial charge is 0.314 e. The molecule has 1 nitrogen and oxygen atoms in total. The van der Waals surface area contributed by atoms with Crippen molar-refractivity contribution in [3.8, 4) is 0 Å². The van der Waals surface area contributed by atoms with Gasteiger partial charge in [0.1, 0.15) is 0 Å². The molecule has 0 amide bonds. The highest BCUT2D eigenvalue weighted by atomic mass is 14.9. The summed E-state index contributed by atoms with van der Waals surface area (Å²) in [5.41, 5.74) is 0. The zero-order chi connectivity index (χ0) is 9.40. The van der Waals surface area contributed by atoms with Gasteiger partial charge in [0.25, 0.3) is 0 Å². The molecule has 0 radical (unpaired) electrons. The van der Waals surface area contributed by atoms with E-state index >= 15 is 0 Å². The number of allylic oxidation sites excluding steroid dienone is 3. The summed E-state index contributed by atoms with van der Waals surface area (Å²) < 4.78 is 0. The molecule has 1 unspecified atom stereocenters. The maximum atomic E-state index is 3.63. The minimum Gasteiger partial charge on any atom is -0.314 e. The van der Waals surface area contributed by atoms with Crippen LogP contribution in [0, 0.1) is 5.92 Å². The Bertz CT molecular complexity index is 136. The average molecular weight is 167 g/mol. The van der Waals surface area contributed by atoms with Crippen molar-refractivity contribution in [2.45, 2.75) is 33.2 Å². The molecule has 0 saturated heterocycles. The molecule has 1 atom stereocenters. The summed E-state index contributed by atoms with van der Waals surface area (Å²) in [4.78, 5) is 0. The lowest BCUT2D eigenvalue weighted by molar-refractivity contribution is 0.481. The van der Waals surface area contributed by atoms with Crippen molar-refractivity contribution < 1.29 is 0 Å². The van der Waals surface area contributed by atoms with Crippen LogP contribution in [0.3, 0.4) is 0 Å². The molecule has 0 aliphatic heterocycles. The Morgan fingerprint density at radius 3 is 2.50 bits per heavy atom. The molecule has 0 aliphatic carbocycles. The molecule has 0 saturated carbocycles. The van der Waals surface area contributed by atoms with Gasteiger partial charge in [-0.15, -0.1) is 0 Å². The van der Waals surface area contributed by atoms with Crippen LogP contribution in [0.25, 0.3) is 0 Å². The molecule has 0 spiro atoms. The lowest BCUT2D eigenvalue weighted by Gasteiger charge is -2.12. The van der Waals surface area contributed by atoms with E-state index in [2.05, 4.69) is 38.7 Å². The van der Waals surface area contributed by atoms with Crippen molar-refractivity contribution in [3.63, 3.8) is 0 Å². The van der Waals surface area contributed by atoms with Crippen LogP contribution in [0.1, 0.15) is 27.2 Å². The molecule has 70 valence electrons. The highest BCUT2D eigenvalue weighted by molar-refractivity contribution is 4.97. The summed E-state index contributed by atoms with van der Waals surface area (Å²) in [5.74, 6) is 0.712. The van der Waals surface area contributed by atoms with E-state index in [1.807, 2.05) is 12.2 Å². The number of nitrogens with one attached hydrogen (secondary N) is 1. The van der Waals surface area contributed by atoms with Crippen LogP contribution in [0.15, 0.2) is 24.8 Å². The lowest BCUT2D eigenvalue weighted by Crippen LogP contribution is -2.27. The topological polar surface area (TPSA) is 12.0 Å². The summed E-state index contributed by atoms with van der Waals surface area (Å²) in [6, 6.07) is 0.593. The first-order chi connectivity index (χ1) is 5.66. The number of hydrogen-bond acceptors (Lipinski definition) is 1. The summed E-state index contributed by atoms with van der Waals surface area (Å²) in [5, 5.41) is 3.41. The predicted octanol–water partition coefficient (Wildman–Crippen LogP) is 2.75. The van der Waals surface area contributed by atoms with Crippen molar-refractivity contribution in [2.75, 3.05) is 6.54 Å². The van der Waals surface area contributed by atoms with Crippen molar-refractivity contribution in [1.29, 1.82) is 0 Å². The first-order valence-electron chi connectivity index (χ1n) is 4.67. The van der Waals surface area contributed by atoms with Gasteiger partial charge in [-0.1, -0.05) is 45.6 Å². The second-order valence-electron chi connectivity index (χ2n) is 3.57. The van der Waals surface area contributed by atoms with Crippen molar-refractivity contribution >= 4 is 0 Å². The normalized spacial score (nSPS) is 14.0. The maximum Gasteiger partial charge on any atom is 0.00104 e. The Balaban J connectivity index is 3.39. The monoisotopic (exact) mass is 167 g/mol. The Morgan fingerprint density at radius 1 is 1.33 bits per heavy atom. The molecule has 0 fully saturated rings. The Hall–Kier alpha value is -0.560. The maximum absolute atomic E-state index is 3.63. The Kier molecular flexibility index (Phi) is 6.78. The third-order valence-electron chi connectivity index (χ3n) is 1.69. The van der Waals surface area contributed by atoms with Crippen LogP contribution in [-0.4, -0.2) is 12.6 Å². The lowest BCUT2D eigenvalue weighted by atomic mass is 10.1. The van der Waals surface area contributed by atoms with E-state index < -0.39 is 0 Å². The van der Waals surface area contributed by atoms with Gasteiger partial charge in [0.2, 0.25) is 0 Å². The van der Waals surface area contributed by atoms with Crippen LogP contribution in [0.4, 0.5) is 0 Å². The molecule has 0 aromatic rings. The smallest absolute Gasteiger partial charge is 0.00104 e. The fourth-order valence-corrected chi connectivity index (χ4v) is 0.927. The molecule has 12 heavy (non-hydrogen) atoms. The van der Waals surface area contributed by atoms with Gasteiger partial charge in [-0.05, 0) is 18.9 Å². The molecule has 0 heterocycles. The van der Waals surface area contributed by atoms with E-state index in [4.69, 9.17) is 0 Å². The fourth-order valence-electron chi connectivity index (χ4n) is 0.927. The minimum absolute atomic E-state index is 0.593. The highest BCUT2D eigenvalue weighted by Gasteiger charge is 1.99. The van der Waals surface area contributed by atoms with Crippen LogP contribution >= 0.6 is 0 Å². The minimum atomic E-state index is 0.593. The summed E-state index contributed by atoms with van der Waals surface area (Å²) in [6.45, 7) is 11.3.